The molecule has 1 aliphatic carbocycles. The highest BCUT2D eigenvalue weighted by molar-refractivity contribution is 5.76. The second-order valence-corrected chi connectivity index (χ2v) is 5.31. The Kier molecular flexibility index (Phi) is 4.53. The number of benzene rings is 1. The molecule has 0 heterocycles. The molecule has 1 atom stereocenters. The average Bonchev–Trinajstić information content (AvgIpc) is 3.21. The molecule has 0 bridgehead atoms. The van der Waals surface area contributed by atoms with Crippen LogP contribution < -0.4 is 0 Å². The molecule has 0 spiro atoms. The SMILES string of the molecule is CN(CC(O)C1CC1)C(=O)CCc1ccc(F)cc1. The van der Waals surface area contributed by atoms with Gasteiger partial charge >= 0.3 is 0 Å². The van der Waals surface area contributed by atoms with Gasteiger partial charge in [0.2, 0.25) is 5.91 Å². The Labute approximate surface area is 113 Å². The number of carbonyl (C=O) groups is 1. The maximum atomic E-state index is 12.7. The van der Waals surface area contributed by atoms with Gasteiger partial charge in [-0.25, -0.2) is 4.39 Å². The number of nitrogens with zero attached hydrogens (tertiary/aromatic N) is 1. The van der Waals surface area contributed by atoms with Crippen LogP contribution in [0.2, 0.25) is 0 Å². The summed E-state index contributed by atoms with van der Waals surface area (Å²) >= 11 is 0. The third-order valence-corrected chi connectivity index (χ3v) is 3.59. The molecule has 104 valence electrons. The lowest BCUT2D eigenvalue weighted by atomic mass is 10.1. The minimum atomic E-state index is -0.389. The molecule has 2 rings (SSSR count). The molecule has 1 N–H and O–H groups in total. The number of aliphatic hydroxyl groups is 1. The molecule has 3 nitrogen and oxygen atoms in total. The molecule has 1 amide bonds. The summed E-state index contributed by atoms with van der Waals surface area (Å²) < 4.78 is 12.7. The number of rotatable bonds is 6. The quantitative estimate of drug-likeness (QED) is 0.854. The summed E-state index contributed by atoms with van der Waals surface area (Å²) in [6, 6.07) is 6.20. The van der Waals surface area contributed by atoms with Crippen LogP contribution in [0.1, 0.15) is 24.8 Å². The van der Waals surface area contributed by atoms with Crippen LogP contribution in [-0.2, 0) is 11.2 Å². The molecule has 1 saturated carbocycles. The number of halogens is 1. The van der Waals surface area contributed by atoms with E-state index in [-0.39, 0.29) is 17.8 Å². The minimum Gasteiger partial charge on any atom is -0.391 e. The van der Waals surface area contributed by atoms with Crippen molar-refractivity contribution >= 4 is 5.91 Å². The summed E-state index contributed by atoms with van der Waals surface area (Å²) in [6.45, 7) is 0.410. The van der Waals surface area contributed by atoms with E-state index in [9.17, 15) is 14.3 Å². The second-order valence-electron chi connectivity index (χ2n) is 5.31. The smallest absolute Gasteiger partial charge is 0.222 e. The summed E-state index contributed by atoms with van der Waals surface area (Å²) in [7, 11) is 1.72. The molecule has 1 aromatic carbocycles. The average molecular weight is 265 g/mol. The largest absolute Gasteiger partial charge is 0.391 e. The van der Waals surface area contributed by atoms with Gasteiger partial charge in [-0.3, -0.25) is 4.79 Å². The normalized spacial score (nSPS) is 16.2. The first kappa shape index (κ1) is 14.0. The van der Waals surface area contributed by atoms with Gasteiger partial charge in [0.1, 0.15) is 5.82 Å². The lowest BCUT2D eigenvalue weighted by Crippen LogP contribution is -2.35. The third-order valence-electron chi connectivity index (χ3n) is 3.59. The molecular formula is C15H20FNO2. The standard InChI is InChI=1S/C15H20FNO2/c1-17(10-14(18)12-5-6-12)15(19)9-4-11-2-7-13(16)8-3-11/h2-3,7-8,12,14,18H,4-6,9-10H2,1H3. The zero-order valence-electron chi connectivity index (χ0n) is 11.2. The first-order valence-corrected chi connectivity index (χ1v) is 6.72. The highest BCUT2D eigenvalue weighted by Gasteiger charge is 2.30. The fourth-order valence-corrected chi connectivity index (χ4v) is 2.11. The van der Waals surface area contributed by atoms with Crippen LogP contribution in [-0.4, -0.2) is 35.6 Å². The first-order chi connectivity index (χ1) is 9.06. The minimum absolute atomic E-state index is 0.0176. The Bertz CT molecular complexity index is 428. The van der Waals surface area contributed by atoms with Gasteiger partial charge in [0.25, 0.3) is 0 Å². The lowest BCUT2D eigenvalue weighted by Gasteiger charge is -2.20. The summed E-state index contributed by atoms with van der Waals surface area (Å²) in [5.74, 6) is 0.135. The molecule has 0 radical (unpaired) electrons. The molecular weight excluding hydrogens is 245 g/mol. The molecule has 0 saturated heterocycles. The van der Waals surface area contributed by atoms with Crippen LogP contribution in [0.5, 0.6) is 0 Å². The van der Waals surface area contributed by atoms with Crippen molar-refractivity contribution in [2.75, 3.05) is 13.6 Å². The van der Waals surface area contributed by atoms with Gasteiger partial charge in [0.05, 0.1) is 6.10 Å². The van der Waals surface area contributed by atoms with Crippen molar-refractivity contribution in [1.29, 1.82) is 0 Å². The fraction of sp³-hybridized carbons (Fsp3) is 0.533. The Balaban J connectivity index is 1.75. The maximum Gasteiger partial charge on any atom is 0.222 e. The zero-order chi connectivity index (χ0) is 13.8. The summed E-state index contributed by atoms with van der Waals surface area (Å²) in [4.78, 5) is 13.5. The summed E-state index contributed by atoms with van der Waals surface area (Å²) in [5.41, 5.74) is 0.950. The van der Waals surface area contributed by atoms with Crippen LogP contribution in [0, 0.1) is 11.7 Å². The number of hydrogen-bond donors (Lipinski definition) is 1. The number of hydrogen-bond acceptors (Lipinski definition) is 2. The highest BCUT2D eigenvalue weighted by atomic mass is 19.1. The van der Waals surface area contributed by atoms with Crippen molar-refractivity contribution in [2.24, 2.45) is 5.92 Å². The van der Waals surface area contributed by atoms with E-state index in [1.807, 2.05) is 0 Å². The van der Waals surface area contributed by atoms with Crippen LogP contribution in [0.4, 0.5) is 4.39 Å². The molecule has 1 unspecified atom stereocenters. The van der Waals surface area contributed by atoms with E-state index < -0.39 is 0 Å². The Hall–Kier alpha value is -1.42. The van der Waals surface area contributed by atoms with E-state index in [1.165, 1.54) is 12.1 Å². The Morgan fingerprint density at radius 2 is 2.05 bits per heavy atom. The number of carbonyl (C=O) groups excluding carboxylic acids is 1. The van der Waals surface area contributed by atoms with Crippen molar-refractivity contribution in [3.63, 3.8) is 0 Å². The van der Waals surface area contributed by atoms with Crippen LogP contribution in [0.25, 0.3) is 0 Å². The van der Waals surface area contributed by atoms with Crippen molar-refractivity contribution < 1.29 is 14.3 Å². The Morgan fingerprint density at radius 3 is 2.63 bits per heavy atom. The van der Waals surface area contributed by atoms with E-state index in [1.54, 1.807) is 24.1 Å². The first-order valence-electron chi connectivity index (χ1n) is 6.72. The number of amides is 1. The van der Waals surface area contributed by atoms with Gasteiger partial charge in [-0.05, 0) is 42.9 Å². The van der Waals surface area contributed by atoms with E-state index in [0.717, 1.165) is 18.4 Å². The fourth-order valence-electron chi connectivity index (χ4n) is 2.11. The van der Waals surface area contributed by atoms with Gasteiger partial charge in [0, 0.05) is 20.0 Å². The summed E-state index contributed by atoms with van der Waals surface area (Å²) in [5, 5.41) is 9.79. The van der Waals surface area contributed by atoms with Crippen molar-refractivity contribution in [3.05, 3.63) is 35.6 Å². The van der Waals surface area contributed by atoms with Crippen molar-refractivity contribution in [2.45, 2.75) is 31.8 Å². The van der Waals surface area contributed by atoms with Gasteiger partial charge < -0.3 is 10.0 Å². The van der Waals surface area contributed by atoms with E-state index in [2.05, 4.69) is 0 Å². The van der Waals surface area contributed by atoms with Crippen molar-refractivity contribution in [1.82, 2.24) is 4.90 Å². The lowest BCUT2D eigenvalue weighted by molar-refractivity contribution is -0.131. The molecule has 0 aromatic heterocycles. The predicted molar refractivity (Wildman–Crippen MR) is 71.1 cm³/mol. The van der Waals surface area contributed by atoms with E-state index in [0.29, 0.717) is 25.3 Å². The Morgan fingerprint density at radius 1 is 1.42 bits per heavy atom. The van der Waals surface area contributed by atoms with E-state index >= 15 is 0 Å². The van der Waals surface area contributed by atoms with Gasteiger partial charge in [-0.2, -0.15) is 0 Å². The summed E-state index contributed by atoms with van der Waals surface area (Å²) in [6.07, 6.45) is 2.74. The van der Waals surface area contributed by atoms with Crippen LogP contribution in [0.3, 0.4) is 0 Å². The van der Waals surface area contributed by atoms with Crippen molar-refractivity contribution in [3.8, 4) is 0 Å². The number of aryl methyl sites for hydroxylation is 1. The molecule has 1 aliphatic rings. The number of aliphatic hydroxyl groups excluding tert-OH is 1. The zero-order valence-corrected chi connectivity index (χ0v) is 11.2. The second kappa shape index (κ2) is 6.15. The van der Waals surface area contributed by atoms with E-state index in [4.69, 9.17) is 0 Å². The third kappa shape index (κ3) is 4.31. The molecule has 19 heavy (non-hydrogen) atoms. The maximum absolute atomic E-state index is 12.7. The topological polar surface area (TPSA) is 40.5 Å². The van der Waals surface area contributed by atoms with Gasteiger partial charge in [-0.15, -0.1) is 0 Å². The molecule has 4 heteroatoms. The van der Waals surface area contributed by atoms with Crippen LogP contribution in [0.15, 0.2) is 24.3 Å². The number of likely N-dealkylation sites (N-methyl/N-ethyl adjacent to an activating group) is 1. The molecule has 1 fully saturated rings. The predicted octanol–water partition coefficient (Wildman–Crippen LogP) is 1.99. The molecule has 1 aromatic rings. The van der Waals surface area contributed by atoms with Gasteiger partial charge in [0.15, 0.2) is 0 Å². The molecule has 0 aliphatic heterocycles. The van der Waals surface area contributed by atoms with Gasteiger partial charge in [-0.1, -0.05) is 12.1 Å². The highest BCUT2D eigenvalue weighted by Crippen LogP contribution is 2.32. The monoisotopic (exact) mass is 265 g/mol. The van der Waals surface area contributed by atoms with Crippen LogP contribution >= 0.6 is 0 Å².